The lowest BCUT2D eigenvalue weighted by molar-refractivity contribution is 0.0961. The number of hydrogen-bond donors (Lipinski definition) is 1. The number of Topliss-reactive ketones (excluding diaryl/α,β-unsaturated/α-hetero) is 1. The van der Waals surface area contributed by atoms with E-state index in [4.69, 9.17) is 0 Å². The number of carbonyl (C=O) groups excluding carboxylic acids is 2. The number of ketones is 1. The van der Waals surface area contributed by atoms with E-state index in [1.165, 1.54) is 24.1 Å². The Morgan fingerprint density at radius 3 is 2.62 bits per heavy atom. The number of benzene rings is 1. The SMILES string of the molecule is CNC(=O)c1cc(C(=O)CCCC2CCN(C)C2)cn(Cc2ccccc2)c1=O. The maximum atomic E-state index is 12.8. The van der Waals surface area contributed by atoms with Crippen LogP contribution in [0.5, 0.6) is 0 Å². The van der Waals surface area contributed by atoms with Gasteiger partial charge in [0.15, 0.2) is 5.78 Å². The summed E-state index contributed by atoms with van der Waals surface area (Å²) < 4.78 is 1.46. The van der Waals surface area contributed by atoms with Gasteiger partial charge in [-0.3, -0.25) is 14.4 Å². The molecule has 2 heterocycles. The monoisotopic (exact) mass is 395 g/mol. The van der Waals surface area contributed by atoms with E-state index in [0.29, 0.717) is 24.4 Å². The predicted octanol–water partition coefficient (Wildman–Crippen LogP) is 2.56. The molecule has 0 radical (unpaired) electrons. The van der Waals surface area contributed by atoms with Crippen LogP contribution in [0.15, 0.2) is 47.4 Å². The van der Waals surface area contributed by atoms with Crippen LogP contribution in [0.2, 0.25) is 0 Å². The molecule has 6 nitrogen and oxygen atoms in total. The highest BCUT2D eigenvalue weighted by Crippen LogP contribution is 2.21. The summed E-state index contributed by atoms with van der Waals surface area (Å²) in [6, 6.07) is 11.0. The predicted molar refractivity (Wildman–Crippen MR) is 113 cm³/mol. The molecule has 1 N–H and O–H groups in total. The standard InChI is InChI=1S/C23H29N3O3/c1-24-22(28)20-13-19(21(27)10-6-9-18-11-12-25(2)14-18)16-26(23(20)29)15-17-7-4-3-5-8-17/h3-5,7-8,13,16,18H,6,9-12,14-15H2,1-2H3,(H,24,28). The summed E-state index contributed by atoms with van der Waals surface area (Å²) in [4.78, 5) is 40.1. The van der Waals surface area contributed by atoms with Crippen LogP contribution in [0, 0.1) is 5.92 Å². The summed E-state index contributed by atoms with van der Waals surface area (Å²) in [6.45, 7) is 2.54. The number of rotatable bonds is 8. The van der Waals surface area contributed by atoms with Crippen molar-refractivity contribution in [3.05, 3.63) is 69.6 Å². The molecule has 0 spiro atoms. The Kier molecular flexibility index (Phi) is 6.99. The van der Waals surface area contributed by atoms with E-state index in [9.17, 15) is 14.4 Å². The summed E-state index contributed by atoms with van der Waals surface area (Å²) >= 11 is 0. The highest BCUT2D eigenvalue weighted by molar-refractivity contribution is 6.00. The fraction of sp³-hybridized carbons (Fsp3) is 0.435. The number of likely N-dealkylation sites (tertiary alicyclic amines) is 1. The lowest BCUT2D eigenvalue weighted by Gasteiger charge is -2.12. The molecule has 1 aliphatic rings. The van der Waals surface area contributed by atoms with E-state index >= 15 is 0 Å². The number of hydrogen-bond acceptors (Lipinski definition) is 4. The van der Waals surface area contributed by atoms with Crippen molar-refractivity contribution >= 4 is 11.7 Å². The zero-order chi connectivity index (χ0) is 20.8. The summed E-state index contributed by atoms with van der Waals surface area (Å²) in [6.07, 6.45) is 5.06. The van der Waals surface area contributed by atoms with E-state index in [0.717, 1.165) is 31.5 Å². The number of aromatic nitrogens is 1. The van der Waals surface area contributed by atoms with Gasteiger partial charge in [0.1, 0.15) is 5.56 Å². The highest BCUT2D eigenvalue weighted by atomic mass is 16.2. The van der Waals surface area contributed by atoms with Crippen molar-refractivity contribution in [2.45, 2.75) is 32.2 Å². The number of nitrogens with one attached hydrogen (secondary N) is 1. The van der Waals surface area contributed by atoms with Crippen LogP contribution in [0.1, 0.15) is 52.0 Å². The van der Waals surface area contributed by atoms with Gasteiger partial charge in [0.05, 0.1) is 6.54 Å². The maximum absolute atomic E-state index is 12.8. The van der Waals surface area contributed by atoms with Crippen molar-refractivity contribution in [1.29, 1.82) is 0 Å². The van der Waals surface area contributed by atoms with E-state index in [1.54, 1.807) is 6.20 Å². The van der Waals surface area contributed by atoms with Gasteiger partial charge in [-0.2, -0.15) is 0 Å². The van der Waals surface area contributed by atoms with E-state index < -0.39 is 11.5 Å². The summed E-state index contributed by atoms with van der Waals surface area (Å²) in [5.74, 6) is 0.157. The van der Waals surface area contributed by atoms with Crippen molar-refractivity contribution in [2.24, 2.45) is 5.92 Å². The Morgan fingerprint density at radius 1 is 1.21 bits per heavy atom. The molecule has 1 atom stereocenters. The minimum atomic E-state index is -0.472. The van der Waals surface area contributed by atoms with Crippen LogP contribution in [0.25, 0.3) is 0 Å². The van der Waals surface area contributed by atoms with E-state index in [1.807, 2.05) is 30.3 Å². The molecule has 1 saturated heterocycles. The van der Waals surface area contributed by atoms with Crippen LogP contribution in [0.4, 0.5) is 0 Å². The smallest absolute Gasteiger partial charge is 0.263 e. The summed E-state index contributed by atoms with van der Waals surface area (Å²) in [5.41, 5.74) is 0.973. The number of nitrogens with zero attached hydrogens (tertiary/aromatic N) is 2. The van der Waals surface area contributed by atoms with Gasteiger partial charge in [-0.1, -0.05) is 30.3 Å². The van der Waals surface area contributed by atoms with Gasteiger partial charge in [0.25, 0.3) is 11.5 Å². The van der Waals surface area contributed by atoms with Crippen molar-refractivity contribution in [1.82, 2.24) is 14.8 Å². The van der Waals surface area contributed by atoms with Crippen molar-refractivity contribution in [2.75, 3.05) is 27.2 Å². The van der Waals surface area contributed by atoms with Crippen LogP contribution >= 0.6 is 0 Å². The molecule has 2 aromatic rings. The molecule has 29 heavy (non-hydrogen) atoms. The third-order valence-corrected chi connectivity index (χ3v) is 5.58. The molecule has 1 amide bonds. The topological polar surface area (TPSA) is 71.4 Å². The van der Waals surface area contributed by atoms with Crippen molar-refractivity contribution in [3.8, 4) is 0 Å². The Morgan fingerprint density at radius 2 is 1.97 bits per heavy atom. The quantitative estimate of drug-likeness (QED) is 0.698. The molecule has 0 saturated carbocycles. The molecule has 154 valence electrons. The first-order valence-electron chi connectivity index (χ1n) is 10.2. The Labute approximate surface area is 171 Å². The summed E-state index contributed by atoms with van der Waals surface area (Å²) in [5, 5.41) is 2.50. The molecule has 1 aromatic carbocycles. The second kappa shape index (κ2) is 9.65. The van der Waals surface area contributed by atoms with Crippen LogP contribution < -0.4 is 10.9 Å². The first-order valence-corrected chi connectivity index (χ1v) is 10.2. The second-order valence-electron chi connectivity index (χ2n) is 7.87. The largest absolute Gasteiger partial charge is 0.355 e. The normalized spacial score (nSPS) is 16.7. The molecule has 1 aliphatic heterocycles. The maximum Gasteiger partial charge on any atom is 0.263 e. The molecule has 3 rings (SSSR count). The van der Waals surface area contributed by atoms with Gasteiger partial charge in [-0.05, 0) is 50.4 Å². The Bertz CT molecular complexity index is 921. The van der Waals surface area contributed by atoms with Gasteiger partial charge >= 0.3 is 0 Å². The third-order valence-electron chi connectivity index (χ3n) is 5.58. The first-order chi connectivity index (χ1) is 14.0. The minimum Gasteiger partial charge on any atom is -0.355 e. The summed E-state index contributed by atoms with van der Waals surface area (Å²) in [7, 11) is 3.61. The lowest BCUT2D eigenvalue weighted by atomic mass is 9.98. The molecule has 1 aromatic heterocycles. The highest BCUT2D eigenvalue weighted by Gasteiger charge is 2.20. The Balaban J connectivity index is 1.77. The van der Waals surface area contributed by atoms with Crippen LogP contribution in [-0.2, 0) is 6.54 Å². The number of pyridine rings is 1. The van der Waals surface area contributed by atoms with E-state index in [-0.39, 0.29) is 11.3 Å². The molecule has 0 aliphatic carbocycles. The molecular formula is C23H29N3O3. The molecule has 0 bridgehead atoms. The fourth-order valence-corrected chi connectivity index (χ4v) is 3.94. The Hall–Kier alpha value is -2.73. The van der Waals surface area contributed by atoms with Gasteiger partial charge in [0, 0.05) is 31.8 Å². The van der Waals surface area contributed by atoms with Gasteiger partial charge in [0.2, 0.25) is 0 Å². The lowest BCUT2D eigenvalue weighted by Crippen LogP contribution is -2.32. The van der Waals surface area contributed by atoms with E-state index in [2.05, 4.69) is 17.3 Å². The zero-order valence-corrected chi connectivity index (χ0v) is 17.2. The molecule has 1 unspecified atom stereocenters. The average Bonchev–Trinajstić information content (AvgIpc) is 3.14. The zero-order valence-electron chi connectivity index (χ0n) is 17.2. The molecular weight excluding hydrogens is 366 g/mol. The second-order valence-corrected chi connectivity index (χ2v) is 7.87. The van der Waals surface area contributed by atoms with Crippen LogP contribution in [0.3, 0.4) is 0 Å². The number of carbonyl (C=O) groups is 2. The van der Waals surface area contributed by atoms with Gasteiger partial charge in [-0.15, -0.1) is 0 Å². The van der Waals surface area contributed by atoms with Gasteiger partial charge in [-0.25, -0.2) is 0 Å². The fourth-order valence-electron chi connectivity index (χ4n) is 3.94. The molecule has 6 heteroatoms. The van der Waals surface area contributed by atoms with Gasteiger partial charge < -0.3 is 14.8 Å². The minimum absolute atomic E-state index is 0.00620. The first kappa shape index (κ1) is 21.0. The van der Waals surface area contributed by atoms with Crippen LogP contribution in [-0.4, -0.2) is 48.3 Å². The average molecular weight is 396 g/mol. The van der Waals surface area contributed by atoms with Crippen molar-refractivity contribution in [3.63, 3.8) is 0 Å². The third kappa shape index (κ3) is 5.41. The van der Waals surface area contributed by atoms with Crippen molar-refractivity contribution < 1.29 is 9.59 Å². The molecule has 1 fully saturated rings. The number of amides is 1.